The van der Waals surface area contributed by atoms with Crippen LogP contribution in [0.4, 0.5) is 0 Å². The van der Waals surface area contributed by atoms with Crippen LogP contribution in [0.1, 0.15) is 42.3 Å². The molecule has 3 rings (SSSR count). The van der Waals surface area contributed by atoms with Gasteiger partial charge in [-0.2, -0.15) is 0 Å². The van der Waals surface area contributed by atoms with Gasteiger partial charge >= 0.3 is 5.97 Å². The third kappa shape index (κ3) is 4.44. The van der Waals surface area contributed by atoms with Crippen LogP contribution in [-0.4, -0.2) is 24.0 Å². The number of hydrogen-bond donors (Lipinski definition) is 0. The summed E-state index contributed by atoms with van der Waals surface area (Å²) >= 11 is 3.46. The molecule has 6 heteroatoms. The van der Waals surface area contributed by atoms with Crippen LogP contribution in [-0.2, 0) is 9.53 Å². The van der Waals surface area contributed by atoms with E-state index in [2.05, 4.69) is 15.9 Å². The van der Waals surface area contributed by atoms with Gasteiger partial charge in [0.1, 0.15) is 17.1 Å². The van der Waals surface area contributed by atoms with E-state index in [4.69, 9.17) is 14.2 Å². The van der Waals surface area contributed by atoms with E-state index in [1.165, 1.54) is 0 Å². The number of allylic oxidation sites excluding steroid dienone is 1. The van der Waals surface area contributed by atoms with Gasteiger partial charge in [-0.05, 0) is 57.5 Å². The van der Waals surface area contributed by atoms with Crippen molar-refractivity contribution in [1.82, 2.24) is 0 Å². The zero-order valence-corrected chi connectivity index (χ0v) is 17.8. The van der Waals surface area contributed by atoms with Crippen molar-refractivity contribution in [3.63, 3.8) is 0 Å². The van der Waals surface area contributed by atoms with Gasteiger partial charge in [0.2, 0.25) is 5.78 Å². The van der Waals surface area contributed by atoms with Crippen LogP contribution in [0.3, 0.4) is 0 Å². The normalized spacial score (nSPS) is 14.6. The molecule has 0 spiro atoms. The minimum absolute atomic E-state index is 0.187. The Morgan fingerprint density at radius 2 is 1.89 bits per heavy atom. The van der Waals surface area contributed by atoms with Gasteiger partial charge in [-0.15, -0.1) is 0 Å². The van der Waals surface area contributed by atoms with E-state index in [9.17, 15) is 9.59 Å². The molecule has 0 saturated carbocycles. The maximum Gasteiger partial charge on any atom is 0.344 e. The molecule has 2 aromatic carbocycles. The molecule has 0 bridgehead atoms. The smallest absolute Gasteiger partial charge is 0.344 e. The predicted molar refractivity (Wildman–Crippen MR) is 110 cm³/mol. The van der Waals surface area contributed by atoms with Crippen molar-refractivity contribution in [2.24, 2.45) is 0 Å². The third-order valence-electron chi connectivity index (χ3n) is 3.99. The van der Waals surface area contributed by atoms with E-state index in [1.54, 1.807) is 45.9 Å². The summed E-state index contributed by atoms with van der Waals surface area (Å²) in [6.45, 7) is 6.96. The van der Waals surface area contributed by atoms with Gasteiger partial charge < -0.3 is 14.2 Å². The largest absolute Gasteiger partial charge is 0.481 e. The molecule has 0 saturated heterocycles. The Morgan fingerprint density at radius 3 is 2.57 bits per heavy atom. The first-order valence-electron chi connectivity index (χ1n) is 8.83. The minimum atomic E-state index is -0.575. The number of benzene rings is 2. The number of carbonyl (C=O) groups is 2. The maximum atomic E-state index is 12.7. The molecule has 0 fully saturated rings. The summed E-state index contributed by atoms with van der Waals surface area (Å²) < 4.78 is 17.5. The molecule has 0 amide bonds. The monoisotopic (exact) mass is 444 g/mol. The molecule has 0 aromatic heterocycles. The Labute approximate surface area is 172 Å². The molecule has 28 heavy (non-hydrogen) atoms. The van der Waals surface area contributed by atoms with Gasteiger partial charge in [0.05, 0.1) is 5.56 Å². The number of Topliss-reactive ketones (excluding diaryl/α,β-unsaturated/α-hetero) is 1. The number of ether oxygens (including phenoxy) is 3. The van der Waals surface area contributed by atoms with Gasteiger partial charge in [-0.3, -0.25) is 4.79 Å². The van der Waals surface area contributed by atoms with Crippen LogP contribution in [0, 0.1) is 6.92 Å². The lowest BCUT2D eigenvalue weighted by atomic mass is 10.1. The molecule has 2 aromatic rings. The average Bonchev–Trinajstić information content (AvgIpc) is 2.92. The summed E-state index contributed by atoms with van der Waals surface area (Å²) in [5, 5.41) is 0. The highest BCUT2D eigenvalue weighted by molar-refractivity contribution is 9.10. The first kappa shape index (κ1) is 20.1. The van der Waals surface area contributed by atoms with Crippen molar-refractivity contribution in [3.05, 3.63) is 63.3 Å². The van der Waals surface area contributed by atoms with Gasteiger partial charge in [0.15, 0.2) is 12.4 Å². The number of esters is 1. The summed E-state index contributed by atoms with van der Waals surface area (Å²) in [6, 6.07) is 10.9. The molecule has 1 heterocycles. The Morgan fingerprint density at radius 1 is 1.18 bits per heavy atom. The van der Waals surface area contributed by atoms with Gasteiger partial charge in [0, 0.05) is 10.0 Å². The van der Waals surface area contributed by atoms with Crippen LogP contribution >= 0.6 is 15.9 Å². The zero-order chi connectivity index (χ0) is 20.5. The van der Waals surface area contributed by atoms with Crippen molar-refractivity contribution in [3.8, 4) is 11.5 Å². The molecule has 0 unspecified atom stereocenters. The Balaban J connectivity index is 1.80. The first-order valence-corrected chi connectivity index (χ1v) is 9.62. The molecular formula is C22H21BrO5. The molecule has 1 aliphatic heterocycles. The number of halogens is 1. The Bertz CT molecular complexity index is 969. The lowest BCUT2D eigenvalue weighted by Gasteiger charge is -2.19. The van der Waals surface area contributed by atoms with E-state index < -0.39 is 11.6 Å². The SMILES string of the molecule is Cc1c(OCC(=O)OC(C)(C)C)ccc2c1O/C(=C\c1ccccc1Br)C2=O. The number of fused-ring (bicyclic) bond motifs is 1. The highest BCUT2D eigenvalue weighted by Crippen LogP contribution is 2.39. The quantitative estimate of drug-likeness (QED) is 0.485. The molecular weight excluding hydrogens is 424 g/mol. The molecule has 0 N–H and O–H groups in total. The van der Waals surface area contributed by atoms with Crippen molar-refractivity contribution in [2.75, 3.05) is 6.61 Å². The Hall–Kier alpha value is -2.60. The van der Waals surface area contributed by atoms with Crippen molar-refractivity contribution >= 4 is 33.8 Å². The van der Waals surface area contributed by atoms with Gasteiger partial charge in [0.25, 0.3) is 0 Å². The molecule has 0 radical (unpaired) electrons. The molecule has 0 aliphatic carbocycles. The fourth-order valence-electron chi connectivity index (χ4n) is 2.77. The standard InChI is InChI=1S/C22H21BrO5/c1-13-17(26-12-19(24)28-22(2,3)4)10-9-15-20(25)18(27-21(13)15)11-14-7-5-6-8-16(14)23/h5-11H,12H2,1-4H3/b18-11-. The number of hydrogen-bond acceptors (Lipinski definition) is 5. The van der Waals surface area contributed by atoms with Crippen molar-refractivity contribution < 1.29 is 23.8 Å². The highest BCUT2D eigenvalue weighted by atomic mass is 79.9. The van der Waals surface area contributed by atoms with E-state index in [-0.39, 0.29) is 18.1 Å². The average molecular weight is 445 g/mol. The molecule has 0 atom stereocenters. The summed E-state index contributed by atoms with van der Waals surface area (Å²) in [5.74, 6) is 0.519. The van der Waals surface area contributed by atoms with E-state index in [0.717, 1.165) is 10.0 Å². The predicted octanol–water partition coefficient (Wildman–Crippen LogP) is 5.09. The molecule has 146 valence electrons. The van der Waals surface area contributed by atoms with E-state index >= 15 is 0 Å². The highest BCUT2D eigenvalue weighted by Gasteiger charge is 2.30. The Kier molecular flexibility index (Phi) is 5.61. The third-order valence-corrected chi connectivity index (χ3v) is 4.72. The summed E-state index contributed by atoms with van der Waals surface area (Å²) in [4.78, 5) is 24.5. The first-order chi connectivity index (χ1) is 13.2. The van der Waals surface area contributed by atoms with Gasteiger partial charge in [-0.1, -0.05) is 34.1 Å². The van der Waals surface area contributed by atoms with Crippen LogP contribution in [0.15, 0.2) is 46.6 Å². The van der Waals surface area contributed by atoms with Crippen molar-refractivity contribution in [1.29, 1.82) is 0 Å². The zero-order valence-electron chi connectivity index (χ0n) is 16.2. The number of ketones is 1. The van der Waals surface area contributed by atoms with Crippen molar-refractivity contribution in [2.45, 2.75) is 33.3 Å². The lowest BCUT2D eigenvalue weighted by molar-refractivity contribution is -0.157. The molecule has 5 nitrogen and oxygen atoms in total. The summed E-state index contributed by atoms with van der Waals surface area (Å²) in [5.41, 5.74) is 1.40. The number of rotatable bonds is 4. The second-order valence-electron chi connectivity index (χ2n) is 7.40. The fourth-order valence-corrected chi connectivity index (χ4v) is 3.16. The number of carbonyl (C=O) groups excluding carboxylic acids is 2. The van der Waals surface area contributed by atoms with E-state index in [1.807, 2.05) is 24.3 Å². The summed E-state index contributed by atoms with van der Waals surface area (Å²) in [7, 11) is 0. The van der Waals surface area contributed by atoms with Gasteiger partial charge in [-0.25, -0.2) is 4.79 Å². The van der Waals surface area contributed by atoms with E-state index in [0.29, 0.717) is 22.6 Å². The maximum absolute atomic E-state index is 12.7. The topological polar surface area (TPSA) is 61.8 Å². The fraction of sp³-hybridized carbons (Fsp3) is 0.273. The van der Waals surface area contributed by atoms with Crippen LogP contribution in [0.2, 0.25) is 0 Å². The second-order valence-corrected chi connectivity index (χ2v) is 8.26. The van der Waals surface area contributed by atoms with Crippen LogP contribution < -0.4 is 9.47 Å². The van der Waals surface area contributed by atoms with Crippen LogP contribution in [0.25, 0.3) is 6.08 Å². The second kappa shape index (κ2) is 7.80. The van der Waals surface area contributed by atoms with Crippen LogP contribution in [0.5, 0.6) is 11.5 Å². The minimum Gasteiger partial charge on any atom is -0.481 e. The molecule has 1 aliphatic rings. The summed E-state index contributed by atoms with van der Waals surface area (Å²) in [6.07, 6.45) is 1.70. The lowest BCUT2D eigenvalue weighted by Crippen LogP contribution is -2.27.